The number of nitrogens with zero attached hydrogens (tertiary/aromatic N) is 3. The molecule has 2 N–H and O–H groups in total. The molecule has 3 rings (SSSR count). The van der Waals surface area contributed by atoms with Gasteiger partial charge in [-0.05, 0) is 44.0 Å². The number of nitrogens with one attached hydrogen (secondary N) is 1. The SMILES string of the molecule is Cc1cc(C(=O)NCCc2cccc(C(=O)O)c2)c2c(C)nn(C)c2n1. The summed E-state index contributed by atoms with van der Waals surface area (Å²) in [4.78, 5) is 28.2. The van der Waals surface area contributed by atoms with Gasteiger partial charge in [0.1, 0.15) is 0 Å². The summed E-state index contributed by atoms with van der Waals surface area (Å²) >= 11 is 0. The minimum atomic E-state index is -0.961. The Morgan fingerprint density at radius 3 is 2.73 bits per heavy atom. The highest BCUT2D eigenvalue weighted by molar-refractivity contribution is 6.06. The first-order valence-corrected chi connectivity index (χ1v) is 8.28. The summed E-state index contributed by atoms with van der Waals surface area (Å²) in [5.41, 5.74) is 3.85. The summed E-state index contributed by atoms with van der Waals surface area (Å²) in [6, 6.07) is 8.48. The third-order valence-corrected chi connectivity index (χ3v) is 4.21. The monoisotopic (exact) mass is 352 g/mol. The first kappa shape index (κ1) is 17.6. The van der Waals surface area contributed by atoms with E-state index >= 15 is 0 Å². The van der Waals surface area contributed by atoms with Gasteiger partial charge in [-0.1, -0.05) is 12.1 Å². The molecule has 0 radical (unpaired) electrons. The molecule has 0 spiro atoms. The van der Waals surface area contributed by atoms with Gasteiger partial charge in [-0.2, -0.15) is 5.10 Å². The lowest BCUT2D eigenvalue weighted by molar-refractivity contribution is 0.0696. The molecule has 0 saturated carbocycles. The molecule has 2 heterocycles. The van der Waals surface area contributed by atoms with Crippen LogP contribution in [0.25, 0.3) is 11.0 Å². The molecule has 0 fully saturated rings. The van der Waals surface area contributed by atoms with Crippen molar-refractivity contribution in [3.8, 4) is 0 Å². The van der Waals surface area contributed by atoms with E-state index in [4.69, 9.17) is 5.11 Å². The first-order chi connectivity index (χ1) is 12.4. The predicted octanol–water partition coefficient (Wildman–Crippen LogP) is 2.26. The fourth-order valence-corrected chi connectivity index (χ4v) is 3.02. The number of aromatic nitrogens is 3. The van der Waals surface area contributed by atoms with Crippen LogP contribution in [0.2, 0.25) is 0 Å². The lowest BCUT2D eigenvalue weighted by atomic mass is 10.1. The van der Waals surface area contributed by atoms with Gasteiger partial charge in [-0.25, -0.2) is 9.78 Å². The van der Waals surface area contributed by atoms with Crippen molar-refractivity contribution in [3.05, 3.63) is 58.4 Å². The van der Waals surface area contributed by atoms with Gasteiger partial charge in [0, 0.05) is 19.3 Å². The average molecular weight is 352 g/mol. The number of pyridine rings is 1. The Labute approximate surface area is 150 Å². The minimum absolute atomic E-state index is 0.189. The summed E-state index contributed by atoms with van der Waals surface area (Å²) < 4.78 is 1.67. The Bertz CT molecular complexity index is 1010. The zero-order valence-corrected chi connectivity index (χ0v) is 14.9. The summed E-state index contributed by atoms with van der Waals surface area (Å²) in [5.74, 6) is -1.15. The third-order valence-electron chi connectivity index (χ3n) is 4.21. The molecule has 1 aromatic carbocycles. The molecule has 134 valence electrons. The predicted molar refractivity (Wildman–Crippen MR) is 97.4 cm³/mol. The first-order valence-electron chi connectivity index (χ1n) is 8.28. The lowest BCUT2D eigenvalue weighted by Gasteiger charge is -2.08. The fraction of sp³-hybridized carbons (Fsp3) is 0.263. The van der Waals surface area contributed by atoms with Gasteiger partial charge in [0.15, 0.2) is 5.65 Å². The van der Waals surface area contributed by atoms with Crippen molar-refractivity contribution in [2.24, 2.45) is 7.05 Å². The van der Waals surface area contributed by atoms with Gasteiger partial charge in [0.05, 0.1) is 22.2 Å². The Balaban J connectivity index is 1.76. The van der Waals surface area contributed by atoms with E-state index in [1.54, 1.807) is 36.0 Å². The number of aromatic carboxylic acids is 1. The fourth-order valence-electron chi connectivity index (χ4n) is 3.02. The number of aryl methyl sites for hydroxylation is 3. The van der Waals surface area contributed by atoms with E-state index < -0.39 is 5.97 Å². The minimum Gasteiger partial charge on any atom is -0.478 e. The standard InChI is InChI=1S/C19H20N4O3/c1-11-9-15(16-12(2)22-23(3)17(16)21-11)18(24)20-8-7-13-5-4-6-14(10-13)19(25)26/h4-6,9-10H,7-8H2,1-3H3,(H,20,24)(H,25,26). The van der Waals surface area contributed by atoms with Crippen LogP contribution >= 0.6 is 0 Å². The van der Waals surface area contributed by atoms with E-state index in [1.807, 2.05) is 19.9 Å². The van der Waals surface area contributed by atoms with Crippen LogP contribution in [-0.2, 0) is 13.5 Å². The van der Waals surface area contributed by atoms with Crippen LogP contribution in [0, 0.1) is 13.8 Å². The Hall–Kier alpha value is -3.22. The van der Waals surface area contributed by atoms with Crippen LogP contribution in [0.15, 0.2) is 30.3 Å². The number of rotatable bonds is 5. The van der Waals surface area contributed by atoms with E-state index in [-0.39, 0.29) is 11.5 Å². The van der Waals surface area contributed by atoms with Gasteiger partial charge in [-0.3, -0.25) is 9.48 Å². The summed E-state index contributed by atoms with van der Waals surface area (Å²) in [7, 11) is 1.80. The van der Waals surface area contributed by atoms with Gasteiger partial charge < -0.3 is 10.4 Å². The molecule has 0 atom stereocenters. The quantitative estimate of drug-likeness (QED) is 0.734. The third kappa shape index (κ3) is 3.42. The molecule has 2 aromatic heterocycles. The molecule has 0 bridgehead atoms. The molecular weight excluding hydrogens is 332 g/mol. The zero-order valence-electron chi connectivity index (χ0n) is 14.9. The maximum Gasteiger partial charge on any atom is 0.335 e. The van der Waals surface area contributed by atoms with Crippen molar-refractivity contribution in [1.82, 2.24) is 20.1 Å². The van der Waals surface area contributed by atoms with Crippen LogP contribution < -0.4 is 5.32 Å². The molecule has 26 heavy (non-hydrogen) atoms. The smallest absolute Gasteiger partial charge is 0.335 e. The second kappa shape index (κ2) is 6.95. The van der Waals surface area contributed by atoms with Crippen molar-refractivity contribution in [3.63, 3.8) is 0 Å². The van der Waals surface area contributed by atoms with Crippen LogP contribution in [0.5, 0.6) is 0 Å². The highest BCUT2D eigenvalue weighted by Crippen LogP contribution is 2.21. The molecule has 3 aromatic rings. The van der Waals surface area contributed by atoms with Gasteiger partial charge in [0.25, 0.3) is 5.91 Å². The van der Waals surface area contributed by atoms with Crippen LogP contribution in [0.4, 0.5) is 0 Å². The molecule has 7 heteroatoms. The second-order valence-corrected chi connectivity index (χ2v) is 6.23. The number of carbonyl (C=O) groups excluding carboxylic acids is 1. The van der Waals surface area contributed by atoms with Gasteiger partial charge >= 0.3 is 5.97 Å². The van der Waals surface area contributed by atoms with Crippen molar-refractivity contribution in [2.75, 3.05) is 6.54 Å². The number of hydrogen-bond donors (Lipinski definition) is 2. The van der Waals surface area contributed by atoms with Crippen LogP contribution in [-0.4, -0.2) is 38.3 Å². The maximum atomic E-state index is 12.7. The topological polar surface area (TPSA) is 97.1 Å². The van der Waals surface area contributed by atoms with Crippen molar-refractivity contribution < 1.29 is 14.7 Å². The van der Waals surface area contributed by atoms with Crippen LogP contribution in [0.1, 0.15) is 37.7 Å². The van der Waals surface area contributed by atoms with Crippen molar-refractivity contribution in [2.45, 2.75) is 20.3 Å². The van der Waals surface area contributed by atoms with Crippen molar-refractivity contribution >= 4 is 22.9 Å². The zero-order chi connectivity index (χ0) is 18.8. The summed E-state index contributed by atoms with van der Waals surface area (Å²) in [6.45, 7) is 4.10. The maximum absolute atomic E-state index is 12.7. The number of carboxylic acids is 1. The molecule has 1 amide bonds. The van der Waals surface area contributed by atoms with E-state index in [0.29, 0.717) is 24.2 Å². The molecule has 0 unspecified atom stereocenters. The molecule has 0 saturated heterocycles. The number of benzene rings is 1. The van der Waals surface area contributed by atoms with Gasteiger partial charge in [-0.15, -0.1) is 0 Å². The van der Waals surface area contributed by atoms with Gasteiger partial charge in [0.2, 0.25) is 0 Å². The number of carboxylic acid groups (broad SMARTS) is 1. The largest absolute Gasteiger partial charge is 0.478 e. The highest BCUT2D eigenvalue weighted by Gasteiger charge is 2.17. The summed E-state index contributed by atoms with van der Waals surface area (Å²) in [6.07, 6.45) is 0.548. The Morgan fingerprint density at radius 1 is 1.23 bits per heavy atom. The normalized spacial score (nSPS) is 10.9. The second-order valence-electron chi connectivity index (χ2n) is 6.23. The lowest BCUT2D eigenvalue weighted by Crippen LogP contribution is -2.26. The highest BCUT2D eigenvalue weighted by atomic mass is 16.4. The molecular formula is C19H20N4O3. The van der Waals surface area contributed by atoms with E-state index in [0.717, 1.165) is 22.3 Å². The van der Waals surface area contributed by atoms with E-state index in [1.165, 1.54) is 0 Å². The Kier molecular flexibility index (Phi) is 4.71. The molecule has 0 aliphatic heterocycles. The number of carbonyl (C=O) groups is 2. The Morgan fingerprint density at radius 2 is 2.00 bits per heavy atom. The average Bonchev–Trinajstić information content (AvgIpc) is 2.88. The van der Waals surface area contributed by atoms with Crippen molar-refractivity contribution in [1.29, 1.82) is 0 Å². The van der Waals surface area contributed by atoms with E-state index in [2.05, 4.69) is 15.4 Å². The summed E-state index contributed by atoms with van der Waals surface area (Å²) in [5, 5.41) is 17.0. The molecule has 0 aliphatic rings. The number of amides is 1. The molecule has 0 aliphatic carbocycles. The van der Waals surface area contributed by atoms with E-state index in [9.17, 15) is 9.59 Å². The number of fused-ring (bicyclic) bond motifs is 1. The molecule has 7 nitrogen and oxygen atoms in total. The number of hydrogen-bond acceptors (Lipinski definition) is 4. The van der Waals surface area contributed by atoms with Crippen LogP contribution in [0.3, 0.4) is 0 Å².